The minimum absolute atomic E-state index is 0.0443. The van der Waals surface area contributed by atoms with Crippen molar-refractivity contribution < 1.29 is 18.0 Å². The molecule has 2 aromatic carbocycles. The van der Waals surface area contributed by atoms with Crippen LogP contribution in [0.15, 0.2) is 60.7 Å². The molecule has 1 amide bonds. The first-order valence-corrected chi connectivity index (χ1v) is 11.8. The summed E-state index contributed by atoms with van der Waals surface area (Å²) in [5, 5.41) is 7.30. The van der Waals surface area contributed by atoms with Gasteiger partial charge >= 0.3 is 6.18 Å². The first kappa shape index (κ1) is 23.4. The van der Waals surface area contributed by atoms with Crippen molar-refractivity contribution in [1.82, 2.24) is 19.6 Å². The van der Waals surface area contributed by atoms with Gasteiger partial charge in [0.15, 0.2) is 11.7 Å². The maximum Gasteiger partial charge on any atom is 0.410 e. The number of nitrogens with zero attached hydrogens (tertiary/aromatic N) is 4. The van der Waals surface area contributed by atoms with Crippen LogP contribution >= 0.6 is 0 Å². The Balaban J connectivity index is 1.30. The molecule has 2 aliphatic heterocycles. The average Bonchev–Trinajstić information content (AvgIpc) is 3.28. The first-order chi connectivity index (χ1) is 16.8. The van der Waals surface area contributed by atoms with Gasteiger partial charge in [0.25, 0.3) is 5.91 Å². The van der Waals surface area contributed by atoms with Crippen molar-refractivity contribution in [2.75, 3.05) is 31.5 Å². The number of nitrogens with one attached hydrogen (secondary N) is 1. The summed E-state index contributed by atoms with van der Waals surface area (Å²) in [6, 6.07) is 16.7. The lowest BCUT2D eigenvalue weighted by Gasteiger charge is -2.34. The van der Waals surface area contributed by atoms with E-state index in [4.69, 9.17) is 0 Å². The molecule has 3 aromatic rings. The largest absolute Gasteiger partial charge is 0.410 e. The molecule has 9 heteroatoms. The van der Waals surface area contributed by atoms with E-state index in [1.54, 1.807) is 4.90 Å². The molecule has 0 bridgehead atoms. The van der Waals surface area contributed by atoms with E-state index in [-0.39, 0.29) is 23.8 Å². The molecule has 35 heavy (non-hydrogen) atoms. The summed E-state index contributed by atoms with van der Waals surface area (Å²) in [5.41, 5.74) is 3.07. The van der Waals surface area contributed by atoms with Gasteiger partial charge in [0.1, 0.15) is 5.82 Å². The third-order valence-corrected chi connectivity index (χ3v) is 6.80. The fourth-order valence-electron chi connectivity index (χ4n) is 4.81. The van der Waals surface area contributed by atoms with E-state index in [9.17, 15) is 18.0 Å². The highest BCUT2D eigenvalue weighted by Crippen LogP contribution is 2.43. The summed E-state index contributed by atoms with van der Waals surface area (Å²) in [6.07, 6.45) is -4.66. The van der Waals surface area contributed by atoms with Crippen LogP contribution in [-0.2, 0) is 6.54 Å². The minimum atomic E-state index is -4.48. The molecule has 6 nitrogen and oxygen atoms in total. The van der Waals surface area contributed by atoms with Crippen molar-refractivity contribution in [3.63, 3.8) is 0 Å². The Bertz CT molecular complexity index is 1170. The van der Waals surface area contributed by atoms with Crippen LogP contribution in [0.4, 0.5) is 19.0 Å². The van der Waals surface area contributed by atoms with Gasteiger partial charge < -0.3 is 10.2 Å². The summed E-state index contributed by atoms with van der Waals surface area (Å²) in [5.74, 6) is -0.115. The van der Waals surface area contributed by atoms with Gasteiger partial charge in [0.05, 0.1) is 6.04 Å². The number of hydrogen-bond acceptors (Lipinski definition) is 4. The van der Waals surface area contributed by atoms with Crippen molar-refractivity contribution in [2.24, 2.45) is 0 Å². The van der Waals surface area contributed by atoms with Gasteiger partial charge in [-0.25, -0.2) is 4.68 Å². The van der Waals surface area contributed by atoms with E-state index in [0.29, 0.717) is 26.2 Å². The van der Waals surface area contributed by atoms with Gasteiger partial charge in [-0.3, -0.25) is 9.69 Å². The number of hydrogen-bond donors (Lipinski definition) is 1. The highest BCUT2D eigenvalue weighted by Gasteiger charge is 2.47. The zero-order valence-corrected chi connectivity index (χ0v) is 19.5. The lowest BCUT2D eigenvalue weighted by molar-refractivity contribution is -0.173. The van der Waals surface area contributed by atoms with Crippen LogP contribution in [0.2, 0.25) is 0 Å². The van der Waals surface area contributed by atoms with Gasteiger partial charge in [0.2, 0.25) is 0 Å². The number of carbonyl (C=O) groups is 1. The van der Waals surface area contributed by atoms with E-state index < -0.39 is 18.3 Å². The van der Waals surface area contributed by atoms with Crippen molar-refractivity contribution in [3.8, 4) is 0 Å². The smallest absolute Gasteiger partial charge is 0.363 e. The van der Waals surface area contributed by atoms with Gasteiger partial charge in [-0.15, -0.1) is 0 Å². The quantitative estimate of drug-likeness (QED) is 0.579. The number of alkyl halides is 3. The van der Waals surface area contributed by atoms with Gasteiger partial charge in [0, 0.05) is 45.2 Å². The summed E-state index contributed by atoms with van der Waals surface area (Å²) in [6.45, 7) is 5.16. The summed E-state index contributed by atoms with van der Waals surface area (Å²) >= 11 is 0. The van der Waals surface area contributed by atoms with E-state index in [2.05, 4.69) is 27.4 Å². The molecule has 3 heterocycles. The molecule has 184 valence electrons. The van der Waals surface area contributed by atoms with Crippen LogP contribution in [0.1, 0.15) is 45.7 Å². The molecule has 1 saturated heterocycles. The number of halogens is 3. The van der Waals surface area contributed by atoms with Crippen molar-refractivity contribution in [3.05, 3.63) is 83.0 Å². The third kappa shape index (κ3) is 5.05. The second kappa shape index (κ2) is 9.37. The fraction of sp³-hybridized carbons (Fsp3) is 0.385. The zero-order valence-electron chi connectivity index (χ0n) is 19.5. The number of benzene rings is 2. The molecule has 0 spiro atoms. The molecule has 1 N–H and O–H groups in total. The summed E-state index contributed by atoms with van der Waals surface area (Å²) in [7, 11) is 0. The third-order valence-electron chi connectivity index (χ3n) is 6.80. The maximum atomic E-state index is 14.0. The summed E-state index contributed by atoms with van der Waals surface area (Å²) in [4.78, 5) is 17.1. The number of rotatable bonds is 4. The van der Waals surface area contributed by atoms with Crippen molar-refractivity contribution >= 4 is 11.7 Å². The topological polar surface area (TPSA) is 53.4 Å². The summed E-state index contributed by atoms with van der Waals surface area (Å²) < 4.78 is 42.8. The first-order valence-electron chi connectivity index (χ1n) is 11.8. The Morgan fingerprint density at radius 2 is 1.71 bits per heavy atom. The van der Waals surface area contributed by atoms with Crippen molar-refractivity contribution in [1.29, 1.82) is 0 Å². The highest BCUT2D eigenvalue weighted by atomic mass is 19.4. The molecule has 2 aliphatic rings. The molecule has 5 rings (SSSR count). The second-order valence-electron chi connectivity index (χ2n) is 9.31. The monoisotopic (exact) mass is 483 g/mol. The lowest BCUT2D eigenvalue weighted by Crippen LogP contribution is -2.48. The molecular formula is C26H28F3N5O. The number of aromatic nitrogens is 2. The Morgan fingerprint density at radius 3 is 2.37 bits per heavy atom. The molecule has 0 saturated carbocycles. The number of amides is 1. The van der Waals surface area contributed by atoms with Crippen LogP contribution in [0.5, 0.6) is 0 Å². The van der Waals surface area contributed by atoms with Gasteiger partial charge in [-0.1, -0.05) is 60.2 Å². The number of piperazine rings is 1. The zero-order chi connectivity index (χ0) is 24.6. The van der Waals surface area contributed by atoms with Crippen LogP contribution in [0.25, 0.3) is 0 Å². The van der Waals surface area contributed by atoms with Crippen molar-refractivity contribution in [2.45, 2.75) is 38.1 Å². The number of anilines is 1. The van der Waals surface area contributed by atoms with Crippen LogP contribution in [0, 0.1) is 6.92 Å². The molecule has 0 aliphatic carbocycles. The molecule has 2 unspecified atom stereocenters. The standard InChI is InChI=1S/C26H28F3N5O/c1-18-7-9-20(10-8-18)21-15-23(26(27,28)29)34-24(30-21)16-22(31-34)25(35)33-13-11-32(12-14-33)17-19-5-3-2-4-6-19/h2-10,16,21,23,30H,11-15,17H2,1H3. The highest BCUT2D eigenvalue weighted by molar-refractivity contribution is 5.93. The van der Waals surface area contributed by atoms with Gasteiger partial charge in [-0.2, -0.15) is 18.3 Å². The van der Waals surface area contributed by atoms with E-state index >= 15 is 0 Å². The van der Waals surface area contributed by atoms with E-state index in [0.717, 1.165) is 22.4 Å². The fourth-order valence-corrected chi connectivity index (χ4v) is 4.81. The Labute approximate surface area is 202 Å². The predicted molar refractivity (Wildman–Crippen MR) is 127 cm³/mol. The number of fused-ring (bicyclic) bond motifs is 1. The van der Waals surface area contributed by atoms with Crippen LogP contribution in [-0.4, -0.2) is 57.8 Å². The van der Waals surface area contributed by atoms with Crippen LogP contribution < -0.4 is 5.32 Å². The Morgan fingerprint density at radius 1 is 1.03 bits per heavy atom. The molecular weight excluding hydrogens is 455 g/mol. The Kier molecular flexibility index (Phi) is 6.27. The average molecular weight is 484 g/mol. The predicted octanol–water partition coefficient (Wildman–Crippen LogP) is 4.81. The lowest BCUT2D eigenvalue weighted by atomic mass is 9.96. The number of aryl methyl sites for hydroxylation is 1. The normalized spacial score (nSPS) is 20.9. The number of carbonyl (C=O) groups excluding carboxylic acids is 1. The molecule has 0 radical (unpaired) electrons. The van der Waals surface area contributed by atoms with Crippen LogP contribution in [0.3, 0.4) is 0 Å². The second-order valence-corrected chi connectivity index (χ2v) is 9.31. The minimum Gasteiger partial charge on any atom is -0.363 e. The molecule has 1 fully saturated rings. The Hall–Kier alpha value is -3.33. The van der Waals surface area contributed by atoms with Gasteiger partial charge in [-0.05, 0) is 18.1 Å². The van der Waals surface area contributed by atoms with E-state index in [1.165, 1.54) is 11.6 Å². The molecule has 2 atom stereocenters. The SMILES string of the molecule is Cc1ccc(C2CC(C(F)(F)F)n3nc(C(=O)N4CCN(Cc5ccccc5)CC4)cc3N2)cc1. The maximum absolute atomic E-state index is 14.0. The van der Waals surface area contributed by atoms with E-state index in [1.807, 2.05) is 49.4 Å². The molecule has 1 aromatic heterocycles.